The molecule has 0 bridgehead atoms. The van der Waals surface area contributed by atoms with Crippen molar-refractivity contribution in [2.24, 2.45) is 0 Å². The van der Waals surface area contributed by atoms with Gasteiger partial charge < -0.3 is 9.30 Å². The van der Waals surface area contributed by atoms with Crippen molar-refractivity contribution < 1.29 is 13.9 Å². The quantitative estimate of drug-likeness (QED) is 0.651. The number of pyridine rings is 2. The molecular weight excluding hydrogens is 359 g/mol. The fourth-order valence-electron chi connectivity index (χ4n) is 2.66. The molecule has 2 heterocycles. The third-order valence-corrected chi connectivity index (χ3v) is 4.32. The molecule has 0 aliphatic heterocycles. The lowest BCUT2D eigenvalue weighted by Gasteiger charge is -2.15. The first-order valence-corrected chi connectivity index (χ1v) is 8.37. The Morgan fingerprint density at radius 1 is 1.31 bits per heavy atom. The van der Waals surface area contributed by atoms with E-state index in [1.165, 1.54) is 29.0 Å². The summed E-state index contributed by atoms with van der Waals surface area (Å²) in [6.45, 7) is 5.36. The number of carbonyl (C=O) groups excluding carboxylic acids is 1. The van der Waals surface area contributed by atoms with Crippen molar-refractivity contribution in [3.8, 4) is 5.69 Å². The van der Waals surface area contributed by atoms with Crippen LogP contribution in [0.15, 0.2) is 35.3 Å². The summed E-state index contributed by atoms with van der Waals surface area (Å²) in [6, 6.07) is 5.91. The van der Waals surface area contributed by atoms with Gasteiger partial charge in [-0.15, -0.1) is 0 Å². The van der Waals surface area contributed by atoms with E-state index in [1.807, 2.05) is 6.92 Å². The number of ether oxygens (including phenoxy) is 1. The molecule has 3 aromatic rings. The number of hydrogen-bond donors (Lipinski definition) is 0. The lowest BCUT2D eigenvalue weighted by molar-refractivity contribution is 0.0524. The molecule has 2 aromatic heterocycles. The van der Waals surface area contributed by atoms with Crippen LogP contribution in [-0.4, -0.2) is 22.1 Å². The fourth-order valence-corrected chi connectivity index (χ4v) is 2.82. The van der Waals surface area contributed by atoms with Crippen LogP contribution in [0.25, 0.3) is 16.7 Å². The standard InChI is InChI=1S/C19H16ClFN2O3/c1-4-26-19(25)13-9-23(15-6-5-12(20)8-14(15)21)16-7-10(2)11(3)22-17(16)18(13)24/h5-9H,4H2,1-3H3. The molecule has 0 aliphatic carbocycles. The van der Waals surface area contributed by atoms with Crippen LogP contribution in [0.2, 0.25) is 5.02 Å². The van der Waals surface area contributed by atoms with Crippen LogP contribution in [0.1, 0.15) is 28.5 Å². The van der Waals surface area contributed by atoms with E-state index in [9.17, 15) is 14.0 Å². The summed E-state index contributed by atoms with van der Waals surface area (Å²) < 4.78 is 20.9. The molecule has 0 aliphatic rings. The number of fused-ring (bicyclic) bond motifs is 1. The maximum absolute atomic E-state index is 14.5. The largest absolute Gasteiger partial charge is 0.462 e. The fraction of sp³-hybridized carbons (Fsp3) is 0.211. The SMILES string of the molecule is CCOC(=O)c1cn(-c2ccc(Cl)cc2F)c2cc(C)c(C)nc2c1=O. The van der Waals surface area contributed by atoms with Gasteiger partial charge >= 0.3 is 5.97 Å². The summed E-state index contributed by atoms with van der Waals surface area (Å²) >= 11 is 5.83. The molecular formula is C19H16ClFN2O3. The number of esters is 1. The maximum Gasteiger partial charge on any atom is 0.343 e. The molecule has 3 rings (SSSR count). The van der Waals surface area contributed by atoms with Gasteiger partial charge in [-0.2, -0.15) is 0 Å². The normalized spacial score (nSPS) is 11.0. The van der Waals surface area contributed by atoms with Crippen LogP contribution >= 0.6 is 11.6 Å². The zero-order chi connectivity index (χ0) is 19.0. The van der Waals surface area contributed by atoms with Gasteiger partial charge in [0.15, 0.2) is 0 Å². The summed E-state index contributed by atoms with van der Waals surface area (Å²) in [4.78, 5) is 29.3. The second-order valence-corrected chi connectivity index (χ2v) is 6.25. The molecule has 0 atom stereocenters. The molecule has 0 N–H and O–H groups in total. The number of nitrogens with zero attached hydrogens (tertiary/aromatic N) is 2. The Labute approximate surface area is 154 Å². The second kappa shape index (κ2) is 6.88. The third kappa shape index (κ3) is 3.08. The van der Waals surface area contributed by atoms with Gasteiger partial charge in [0.1, 0.15) is 16.9 Å². The van der Waals surface area contributed by atoms with Gasteiger partial charge in [0.25, 0.3) is 0 Å². The van der Waals surface area contributed by atoms with Gasteiger partial charge in [-0.1, -0.05) is 11.6 Å². The van der Waals surface area contributed by atoms with Gasteiger partial charge in [0.05, 0.1) is 17.8 Å². The zero-order valence-electron chi connectivity index (χ0n) is 14.5. The average Bonchev–Trinajstić information content (AvgIpc) is 2.58. The Morgan fingerprint density at radius 2 is 2.04 bits per heavy atom. The summed E-state index contributed by atoms with van der Waals surface area (Å²) in [7, 11) is 0. The molecule has 7 heteroatoms. The number of benzene rings is 1. The van der Waals surface area contributed by atoms with Crippen molar-refractivity contribution in [2.75, 3.05) is 6.61 Å². The summed E-state index contributed by atoms with van der Waals surface area (Å²) in [5, 5.41) is 0.243. The minimum atomic E-state index is -0.775. The third-order valence-electron chi connectivity index (χ3n) is 4.09. The molecule has 0 spiro atoms. The molecule has 0 amide bonds. The Morgan fingerprint density at radius 3 is 2.69 bits per heavy atom. The van der Waals surface area contributed by atoms with Gasteiger partial charge in [0, 0.05) is 16.9 Å². The van der Waals surface area contributed by atoms with Crippen molar-refractivity contribution in [3.63, 3.8) is 0 Å². The van der Waals surface area contributed by atoms with Crippen molar-refractivity contribution in [1.82, 2.24) is 9.55 Å². The summed E-state index contributed by atoms with van der Waals surface area (Å²) in [6.07, 6.45) is 1.28. The highest BCUT2D eigenvalue weighted by Crippen LogP contribution is 2.23. The first kappa shape index (κ1) is 18.1. The molecule has 134 valence electrons. The number of rotatable bonds is 3. The molecule has 26 heavy (non-hydrogen) atoms. The van der Waals surface area contributed by atoms with E-state index in [1.54, 1.807) is 19.9 Å². The summed E-state index contributed by atoms with van der Waals surface area (Å²) in [5.41, 5.74) is 1.36. The van der Waals surface area contributed by atoms with E-state index in [0.29, 0.717) is 11.2 Å². The summed E-state index contributed by atoms with van der Waals surface area (Å²) in [5.74, 6) is -1.36. The molecule has 5 nitrogen and oxygen atoms in total. The topological polar surface area (TPSA) is 61.2 Å². The van der Waals surface area contributed by atoms with E-state index in [-0.39, 0.29) is 28.4 Å². The molecule has 0 fully saturated rings. The predicted octanol–water partition coefficient (Wildman–Crippen LogP) is 3.97. The van der Waals surface area contributed by atoms with E-state index < -0.39 is 17.2 Å². The van der Waals surface area contributed by atoms with Crippen LogP contribution < -0.4 is 5.43 Å². The Kier molecular flexibility index (Phi) is 4.78. The minimum Gasteiger partial charge on any atom is -0.462 e. The van der Waals surface area contributed by atoms with Crippen molar-refractivity contribution in [2.45, 2.75) is 20.8 Å². The van der Waals surface area contributed by atoms with Gasteiger partial charge in [0.2, 0.25) is 5.43 Å². The Balaban J connectivity index is 2.43. The Hall–Kier alpha value is -2.73. The number of aryl methyl sites for hydroxylation is 2. The van der Waals surface area contributed by atoms with Gasteiger partial charge in [-0.3, -0.25) is 4.79 Å². The minimum absolute atomic E-state index is 0.0769. The van der Waals surface area contributed by atoms with Crippen molar-refractivity contribution >= 4 is 28.6 Å². The van der Waals surface area contributed by atoms with Crippen molar-refractivity contribution in [3.05, 3.63) is 68.3 Å². The number of carbonyl (C=O) groups is 1. The van der Waals surface area contributed by atoms with Crippen LogP contribution in [0.3, 0.4) is 0 Å². The van der Waals surface area contributed by atoms with E-state index in [4.69, 9.17) is 16.3 Å². The van der Waals surface area contributed by atoms with Gasteiger partial charge in [-0.25, -0.2) is 14.2 Å². The van der Waals surface area contributed by atoms with Crippen LogP contribution in [0, 0.1) is 19.7 Å². The van der Waals surface area contributed by atoms with E-state index in [0.717, 1.165) is 5.56 Å². The molecule has 0 saturated heterocycles. The average molecular weight is 375 g/mol. The highest BCUT2D eigenvalue weighted by Gasteiger charge is 2.20. The highest BCUT2D eigenvalue weighted by atomic mass is 35.5. The van der Waals surface area contributed by atoms with Gasteiger partial charge in [-0.05, 0) is 50.6 Å². The first-order chi connectivity index (χ1) is 12.3. The van der Waals surface area contributed by atoms with Crippen LogP contribution in [-0.2, 0) is 4.74 Å². The number of hydrogen-bond acceptors (Lipinski definition) is 4. The van der Waals surface area contributed by atoms with Crippen LogP contribution in [0.4, 0.5) is 4.39 Å². The molecule has 1 aromatic carbocycles. The van der Waals surface area contributed by atoms with E-state index in [2.05, 4.69) is 4.98 Å². The predicted molar refractivity (Wildman–Crippen MR) is 97.7 cm³/mol. The number of aromatic nitrogens is 2. The van der Waals surface area contributed by atoms with Crippen molar-refractivity contribution in [1.29, 1.82) is 0 Å². The zero-order valence-corrected chi connectivity index (χ0v) is 15.2. The lowest BCUT2D eigenvalue weighted by Crippen LogP contribution is -2.22. The molecule has 0 radical (unpaired) electrons. The van der Waals surface area contributed by atoms with Crippen LogP contribution in [0.5, 0.6) is 0 Å². The maximum atomic E-state index is 14.5. The van der Waals surface area contributed by atoms with E-state index >= 15 is 0 Å². The monoisotopic (exact) mass is 374 g/mol. The molecule has 0 saturated carbocycles. The lowest BCUT2D eigenvalue weighted by atomic mass is 10.1. The second-order valence-electron chi connectivity index (χ2n) is 5.82. The Bertz CT molecular complexity index is 1090. The molecule has 0 unspecified atom stereocenters. The first-order valence-electron chi connectivity index (χ1n) is 7.99. The smallest absolute Gasteiger partial charge is 0.343 e. The highest BCUT2D eigenvalue weighted by molar-refractivity contribution is 6.30. The number of halogens is 2.